The van der Waals surface area contributed by atoms with Crippen molar-refractivity contribution in [3.8, 4) is 5.75 Å². The van der Waals surface area contributed by atoms with E-state index in [-0.39, 0.29) is 5.91 Å². The largest absolute Gasteiger partial charge is 0.493 e. The Balaban J connectivity index is 1.53. The fourth-order valence-corrected chi connectivity index (χ4v) is 3.15. The molecule has 6 heteroatoms. The number of rotatable bonds is 4. The third-order valence-corrected chi connectivity index (χ3v) is 4.46. The van der Waals surface area contributed by atoms with Crippen LogP contribution in [0.2, 0.25) is 0 Å². The molecule has 0 aliphatic carbocycles. The van der Waals surface area contributed by atoms with E-state index in [2.05, 4.69) is 14.8 Å². The topological polar surface area (TPSA) is 48.9 Å². The van der Waals surface area contributed by atoms with Crippen molar-refractivity contribution in [2.75, 3.05) is 57.8 Å². The number of amides is 1. The number of hydrogen-bond donors (Lipinski definition) is 0. The van der Waals surface area contributed by atoms with Gasteiger partial charge in [-0.05, 0) is 25.0 Å². The van der Waals surface area contributed by atoms with E-state index in [9.17, 15) is 4.79 Å². The van der Waals surface area contributed by atoms with E-state index in [4.69, 9.17) is 4.74 Å². The van der Waals surface area contributed by atoms with Gasteiger partial charge in [-0.1, -0.05) is 0 Å². The van der Waals surface area contributed by atoms with Crippen molar-refractivity contribution in [2.24, 2.45) is 0 Å². The number of aromatic nitrogens is 1. The Kier molecular flexibility index (Phi) is 4.77. The first kappa shape index (κ1) is 15.1. The van der Waals surface area contributed by atoms with Crippen LogP contribution in [0.15, 0.2) is 18.3 Å². The van der Waals surface area contributed by atoms with Gasteiger partial charge in [0.1, 0.15) is 0 Å². The molecule has 2 aliphatic heterocycles. The molecular formula is C16H24N4O2. The third-order valence-electron chi connectivity index (χ3n) is 4.46. The Morgan fingerprint density at radius 3 is 2.59 bits per heavy atom. The average Bonchev–Trinajstić information content (AvgIpc) is 3.10. The summed E-state index contributed by atoms with van der Waals surface area (Å²) in [5.74, 6) is 1.99. The number of carbonyl (C=O) groups is 1. The van der Waals surface area contributed by atoms with Crippen LogP contribution < -0.4 is 9.64 Å². The monoisotopic (exact) mass is 304 g/mol. The van der Waals surface area contributed by atoms with Crippen LogP contribution in [-0.2, 0) is 4.79 Å². The molecule has 120 valence electrons. The average molecular weight is 304 g/mol. The highest BCUT2D eigenvalue weighted by molar-refractivity contribution is 5.78. The SMILES string of the molecule is COc1cccnc1N1CCN(CC(=O)N2CCCC2)CC1. The van der Waals surface area contributed by atoms with Crippen LogP contribution in [-0.4, -0.2) is 73.6 Å². The molecule has 1 amide bonds. The van der Waals surface area contributed by atoms with Gasteiger partial charge in [0.2, 0.25) is 5.91 Å². The van der Waals surface area contributed by atoms with Crippen LogP contribution in [0.5, 0.6) is 5.75 Å². The number of hydrogen-bond acceptors (Lipinski definition) is 5. The third kappa shape index (κ3) is 3.32. The highest BCUT2D eigenvalue weighted by Crippen LogP contribution is 2.25. The number of carbonyl (C=O) groups excluding carboxylic acids is 1. The Labute approximate surface area is 131 Å². The zero-order valence-electron chi connectivity index (χ0n) is 13.2. The minimum atomic E-state index is 0.279. The van der Waals surface area contributed by atoms with Crippen molar-refractivity contribution < 1.29 is 9.53 Å². The molecule has 0 saturated carbocycles. The first-order chi connectivity index (χ1) is 10.8. The summed E-state index contributed by atoms with van der Waals surface area (Å²) in [6.07, 6.45) is 4.10. The fourth-order valence-electron chi connectivity index (χ4n) is 3.15. The second-order valence-electron chi connectivity index (χ2n) is 5.88. The standard InChI is InChI=1S/C16H24N4O2/c1-22-14-5-4-6-17-16(14)20-11-9-18(10-12-20)13-15(21)19-7-2-3-8-19/h4-6H,2-3,7-13H2,1H3. The number of ether oxygens (including phenoxy) is 1. The van der Waals surface area contributed by atoms with E-state index < -0.39 is 0 Å². The van der Waals surface area contributed by atoms with Gasteiger partial charge in [-0.2, -0.15) is 0 Å². The number of nitrogens with zero attached hydrogens (tertiary/aromatic N) is 4. The quantitative estimate of drug-likeness (QED) is 0.825. The predicted octanol–water partition coefficient (Wildman–Crippen LogP) is 0.835. The molecule has 0 radical (unpaired) electrons. The Bertz CT molecular complexity index is 509. The van der Waals surface area contributed by atoms with Crippen LogP contribution in [0.4, 0.5) is 5.82 Å². The van der Waals surface area contributed by atoms with Gasteiger partial charge in [-0.15, -0.1) is 0 Å². The minimum Gasteiger partial charge on any atom is -0.493 e. The molecular weight excluding hydrogens is 280 g/mol. The molecule has 3 rings (SSSR count). The van der Waals surface area contributed by atoms with Gasteiger partial charge in [0.15, 0.2) is 11.6 Å². The number of piperazine rings is 1. The molecule has 0 spiro atoms. The van der Waals surface area contributed by atoms with Crippen LogP contribution in [0, 0.1) is 0 Å². The number of anilines is 1. The van der Waals surface area contributed by atoms with Gasteiger partial charge < -0.3 is 14.5 Å². The smallest absolute Gasteiger partial charge is 0.236 e. The lowest BCUT2D eigenvalue weighted by Crippen LogP contribution is -2.50. The van der Waals surface area contributed by atoms with Crippen LogP contribution >= 0.6 is 0 Å². The first-order valence-corrected chi connectivity index (χ1v) is 8.02. The molecule has 0 aromatic carbocycles. The second-order valence-corrected chi connectivity index (χ2v) is 5.88. The maximum Gasteiger partial charge on any atom is 0.236 e. The molecule has 3 heterocycles. The van der Waals surface area contributed by atoms with Crippen molar-refractivity contribution in [1.82, 2.24) is 14.8 Å². The predicted molar refractivity (Wildman–Crippen MR) is 85.3 cm³/mol. The first-order valence-electron chi connectivity index (χ1n) is 8.02. The highest BCUT2D eigenvalue weighted by Gasteiger charge is 2.24. The molecule has 22 heavy (non-hydrogen) atoms. The molecule has 1 aromatic rings. The van der Waals surface area contributed by atoms with Gasteiger partial charge >= 0.3 is 0 Å². The van der Waals surface area contributed by atoms with Gasteiger partial charge in [-0.3, -0.25) is 9.69 Å². The van der Waals surface area contributed by atoms with E-state index in [1.54, 1.807) is 13.3 Å². The maximum absolute atomic E-state index is 12.2. The van der Waals surface area contributed by atoms with E-state index in [1.165, 1.54) is 0 Å². The van der Waals surface area contributed by atoms with Gasteiger partial charge in [0.05, 0.1) is 13.7 Å². The zero-order valence-corrected chi connectivity index (χ0v) is 13.2. The summed E-state index contributed by atoms with van der Waals surface area (Å²) in [4.78, 5) is 23.1. The Morgan fingerprint density at radius 1 is 1.18 bits per heavy atom. The van der Waals surface area contributed by atoms with E-state index >= 15 is 0 Å². The van der Waals surface area contributed by atoms with Gasteiger partial charge in [0, 0.05) is 45.5 Å². The van der Waals surface area contributed by atoms with Crippen molar-refractivity contribution in [2.45, 2.75) is 12.8 Å². The molecule has 2 saturated heterocycles. The normalized spacial score (nSPS) is 19.5. The molecule has 2 aliphatic rings. The summed E-state index contributed by atoms with van der Waals surface area (Å²) in [6, 6.07) is 3.82. The van der Waals surface area contributed by atoms with Crippen molar-refractivity contribution >= 4 is 11.7 Å². The fraction of sp³-hybridized carbons (Fsp3) is 0.625. The van der Waals surface area contributed by atoms with Crippen molar-refractivity contribution in [3.05, 3.63) is 18.3 Å². The lowest BCUT2D eigenvalue weighted by molar-refractivity contribution is -0.131. The van der Waals surface area contributed by atoms with Gasteiger partial charge in [-0.25, -0.2) is 4.98 Å². The Hall–Kier alpha value is -1.82. The lowest BCUT2D eigenvalue weighted by Gasteiger charge is -2.36. The molecule has 0 atom stereocenters. The van der Waals surface area contributed by atoms with Crippen molar-refractivity contribution in [3.63, 3.8) is 0 Å². The molecule has 0 unspecified atom stereocenters. The number of pyridine rings is 1. The Morgan fingerprint density at radius 2 is 1.91 bits per heavy atom. The summed E-state index contributed by atoms with van der Waals surface area (Å²) < 4.78 is 5.38. The molecule has 0 bridgehead atoms. The van der Waals surface area contributed by atoms with Crippen molar-refractivity contribution in [1.29, 1.82) is 0 Å². The van der Waals surface area contributed by atoms with Crippen LogP contribution in [0.1, 0.15) is 12.8 Å². The van der Waals surface area contributed by atoms with E-state index in [1.807, 2.05) is 17.0 Å². The minimum absolute atomic E-state index is 0.279. The second kappa shape index (κ2) is 6.96. The maximum atomic E-state index is 12.2. The molecule has 0 N–H and O–H groups in total. The number of likely N-dealkylation sites (tertiary alicyclic amines) is 1. The van der Waals surface area contributed by atoms with Gasteiger partial charge in [0.25, 0.3) is 0 Å². The highest BCUT2D eigenvalue weighted by atomic mass is 16.5. The zero-order chi connectivity index (χ0) is 15.4. The summed E-state index contributed by atoms with van der Waals surface area (Å²) in [5, 5.41) is 0. The van der Waals surface area contributed by atoms with E-state index in [0.29, 0.717) is 6.54 Å². The summed E-state index contributed by atoms with van der Waals surface area (Å²) >= 11 is 0. The molecule has 6 nitrogen and oxygen atoms in total. The number of methoxy groups -OCH3 is 1. The summed E-state index contributed by atoms with van der Waals surface area (Å²) in [5.41, 5.74) is 0. The summed E-state index contributed by atoms with van der Waals surface area (Å²) in [6.45, 7) is 5.95. The molecule has 1 aromatic heterocycles. The summed E-state index contributed by atoms with van der Waals surface area (Å²) in [7, 11) is 1.67. The van der Waals surface area contributed by atoms with E-state index in [0.717, 1.165) is 63.7 Å². The van der Waals surface area contributed by atoms with Crippen LogP contribution in [0.25, 0.3) is 0 Å². The lowest BCUT2D eigenvalue weighted by atomic mass is 10.3. The van der Waals surface area contributed by atoms with Crippen LogP contribution in [0.3, 0.4) is 0 Å². The molecule has 2 fully saturated rings.